The van der Waals surface area contributed by atoms with Crippen LogP contribution in [0.5, 0.6) is 0 Å². The fraction of sp³-hybridized carbons (Fsp3) is 0.778. The van der Waals surface area contributed by atoms with Crippen LogP contribution >= 0.6 is 0 Å². The van der Waals surface area contributed by atoms with E-state index in [2.05, 4.69) is 24.3 Å². The van der Waals surface area contributed by atoms with Crippen molar-refractivity contribution >= 4 is 7.48 Å². The van der Waals surface area contributed by atoms with E-state index in [1.54, 1.807) is 0 Å². The van der Waals surface area contributed by atoms with E-state index < -0.39 is 0 Å². The minimum absolute atomic E-state index is 0.308. The molecule has 2 saturated carbocycles. The van der Waals surface area contributed by atoms with E-state index in [9.17, 15) is 5.02 Å². The Labute approximate surface area is 123 Å². The summed E-state index contributed by atoms with van der Waals surface area (Å²) < 4.78 is 0. The van der Waals surface area contributed by atoms with Gasteiger partial charge in [-0.25, -0.2) is 0 Å². The minimum atomic E-state index is 0.308. The molecule has 4 aliphatic carbocycles. The van der Waals surface area contributed by atoms with Gasteiger partial charge in [-0.15, -0.1) is 0 Å². The quantitative estimate of drug-likeness (QED) is 0.564. The Morgan fingerprint density at radius 1 is 0.800 bits per heavy atom. The average molecular weight is 269 g/mol. The molecular formula is C18H26BO. The van der Waals surface area contributed by atoms with Crippen LogP contribution in [0, 0.1) is 35.5 Å². The second kappa shape index (κ2) is 5.37. The molecule has 2 heteroatoms. The summed E-state index contributed by atoms with van der Waals surface area (Å²) >= 11 is 0. The Morgan fingerprint density at radius 2 is 1.55 bits per heavy atom. The van der Waals surface area contributed by atoms with Gasteiger partial charge in [0.15, 0.2) is 0 Å². The molecule has 7 unspecified atom stereocenters. The molecule has 20 heavy (non-hydrogen) atoms. The third-order valence-corrected chi connectivity index (χ3v) is 6.75. The molecule has 0 bridgehead atoms. The second-order valence-electron chi connectivity index (χ2n) is 7.53. The van der Waals surface area contributed by atoms with Crippen LogP contribution in [0.2, 0.25) is 5.82 Å². The predicted molar refractivity (Wildman–Crippen MR) is 83.3 cm³/mol. The van der Waals surface area contributed by atoms with E-state index in [4.69, 9.17) is 0 Å². The lowest BCUT2D eigenvalue weighted by molar-refractivity contribution is -0.0204. The summed E-state index contributed by atoms with van der Waals surface area (Å²) in [6.45, 7) is 0. The van der Waals surface area contributed by atoms with Gasteiger partial charge in [-0.3, -0.25) is 0 Å². The molecule has 107 valence electrons. The van der Waals surface area contributed by atoms with Crippen LogP contribution in [0.3, 0.4) is 0 Å². The molecular weight excluding hydrogens is 243 g/mol. The van der Waals surface area contributed by atoms with Crippen LogP contribution in [-0.2, 0) is 0 Å². The maximum atomic E-state index is 9.42. The van der Waals surface area contributed by atoms with Crippen molar-refractivity contribution in [2.24, 2.45) is 35.5 Å². The molecule has 2 fully saturated rings. The highest BCUT2D eigenvalue weighted by atomic mass is 16.2. The van der Waals surface area contributed by atoms with Crippen LogP contribution in [-0.4, -0.2) is 12.5 Å². The fourth-order valence-corrected chi connectivity index (χ4v) is 5.99. The Bertz CT molecular complexity index is 416. The van der Waals surface area contributed by atoms with Gasteiger partial charge < -0.3 is 5.02 Å². The van der Waals surface area contributed by atoms with E-state index in [0.29, 0.717) is 5.82 Å². The molecule has 0 aromatic rings. The normalized spacial score (nSPS) is 50.0. The Balaban J connectivity index is 1.69. The van der Waals surface area contributed by atoms with E-state index in [0.717, 1.165) is 35.5 Å². The number of fused-ring (bicyclic) bond motifs is 6. The first-order chi connectivity index (χ1) is 9.88. The molecule has 0 saturated heterocycles. The highest BCUT2D eigenvalue weighted by Crippen LogP contribution is 2.58. The molecule has 1 radical (unpaired) electrons. The summed E-state index contributed by atoms with van der Waals surface area (Å²) in [5.41, 5.74) is 0. The fourth-order valence-electron chi connectivity index (χ4n) is 5.99. The van der Waals surface area contributed by atoms with Crippen molar-refractivity contribution in [3.05, 3.63) is 24.3 Å². The van der Waals surface area contributed by atoms with Crippen LogP contribution in [0.15, 0.2) is 24.3 Å². The number of hydrogen-bond donors (Lipinski definition) is 1. The third-order valence-electron chi connectivity index (χ3n) is 6.75. The molecule has 4 rings (SSSR count). The van der Waals surface area contributed by atoms with Gasteiger partial charge in [0.1, 0.15) is 0 Å². The highest BCUT2D eigenvalue weighted by Gasteiger charge is 2.50. The van der Waals surface area contributed by atoms with E-state index >= 15 is 0 Å². The van der Waals surface area contributed by atoms with Gasteiger partial charge in [0.25, 0.3) is 7.48 Å². The highest BCUT2D eigenvalue weighted by molar-refractivity contribution is 6.28. The molecule has 0 aliphatic heterocycles. The first kappa shape index (κ1) is 13.2. The summed E-state index contributed by atoms with van der Waals surface area (Å²) in [6, 6.07) is 0. The Morgan fingerprint density at radius 3 is 2.35 bits per heavy atom. The summed E-state index contributed by atoms with van der Waals surface area (Å²) in [4.78, 5) is 0. The smallest absolute Gasteiger partial charge is 0.294 e. The van der Waals surface area contributed by atoms with E-state index in [-0.39, 0.29) is 0 Å². The predicted octanol–water partition coefficient (Wildman–Crippen LogP) is 3.98. The van der Waals surface area contributed by atoms with Crippen molar-refractivity contribution in [2.45, 2.75) is 50.8 Å². The monoisotopic (exact) mass is 269 g/mol. The first-order valence-electron chi connectivity index (χ1n) is 8.71. The van der Waals surface area contributed by atoms with Crippen LogP contribution in [0.25, 0.3) is 0 Å². The molecule has 1 N–H and O–H groups in total. The molecule has 1 nitrogen and oxygen atoms in total. The van der Waals surface area contributed by atoms with Gasteiger partial charge in [0.05, 0.1) is 0 Å². The number of rotatable bonds is 1. The van der Waals surface area contributed by atoms with Crippen molar-refractivity contribution in [1.82, 2.24) is 0 Å². The lowest BCUT2D eigenvalue weighted by Gasteiger charge is -2.55. The van der Waals surface area contributed by atoms with E-state index in [1.807, 2.05) is 0 Å². The topological polar surface area (TPSA) is 20.2 Å². The average Bonchev–Trinajstić information content (AvgIpc) is 2.54. The van der Waals surface area contributed by atoms with Crippen molar-refractivity contribution in [2.75, 3.05) is 0 Å². The summed E-state index contributed by atoms with van der Waals surface area (Å²) in [7, 11) is 1.42. The zero-order valence-corrected chi connectivity index (χ0v) is 12.3. The Kier molecular flexibility index (Phi) is 3.54. The van der Waals surface area contributed by atoms with Gasteiger partial charge in [-0.2, -0.15) is 0 Å². The summed E-state index contributed by atoms with van der Waals surface area (Å²) in [6.07, 6.45) is 19.4. The summed E-state index contributed by atoms with van der Waals surface area (Å²) in [5, 5.41) is 9.42. The maximum absolute atomic E-state index is 9.42. The largest absolute Gasteiger partial charge is 0.454 e. The van der Waals surface area contributed by atoms with Gasteiger partial charge in [-0.1, -0.05) is 37.1 Å². The standard InChI is InChI=1S/C18H26BO/c20-19-12-9-10-17-15-7-2-1-5-13(15)14-6-3-4-8-16(14)18(17)11-12/h2,7,9-10,12-18,20H,1,3-6,8,11H2. The van der Waals surface area contributed by atoms with Crippen molar-refractivity contribution in [3.63, 3.8) is 0 Å². The minimum Gasteiger partial charge on any atom is -0.454 e. The lowest BCUT2D eigenvalue weighted by Crippen LogP contribution is -2.48. The number of hydrogen-bond acceptors (Lipinski definition) is 1. The van der Waals surface area contributed by atoms with Crippen molar-refractivity contribution in [1.29, 1.82) is 0 Å². The molecule has 0 amide bonds. The van der Waals surface area contributed by atoms with Gasteiger partial charge >= 0.3 is 0 Å². The zero-order chi connectivity index (χ0) is 13.5. The zero-order valence-electron chi connectivity index (χ0n) is 12.3. The van der Waals surface area contributed by atoms with Crippen LogP contribution in [0.4, 0.5) is 0 Å². The second-order valence-corrected chi connectivity index (χ2v) is 7.53. The Hall–Kier alpha value is -0.495. The van der Waals surface area contributed by atoms with Crippen molar-refractivity contribution in [3.8, 4) is 0 Å². The molecule has 0 spiro atoms. The molecule has 0 heterocycles. The first-order valence-corrected chi connectivity index (χ1v) is 8.71. The van der Waals surface area contributed by atoms with Gasteiger partial charge in [0.2, 0.25) is 0 Å². The summed E-state index contributed by atoms with van der Waals surface area (Å²) in [5.74, 6) is 5.55. The third kappa shape index (κ3) is 2.03. The van der Waals surface area contributed by atoms with Crippen LogP contribution in [0.1, 0.15) is 44.9 Å². The lowest BCUT2D eigenvalue weighted by atomic mass is 9.48. The molecule has 4 aliphatic rings. The molecule has 0 aromatic heterocycles. The van der Waals surface area contributed by atoms with Gasteiger partial charge in [-0.05, 0) is 73.4 Å². The van der Waals surface area contributed by atoms with Gasteiger partial charge in [0, 0.05) is 0 Å². The number of allylic oxidation sites excluding steroid dienone is 4. The molecule has 7 atom stereocenters. The van der Waals surface area contributed by atoms with Crippen molar-refractivity contribution < 1.29 is 5.02 Å². The maximum Gasteiger partial charge on any atom is 0.294 e. The molecule has 0 aromatic carbocycles. The SMILES string of the molecule is O[B]C1C=CC2C3C=CCCC3C3CCCCC3C2C1. The van der Waals surface area contributed by atoms with E-state index in [1.165, 1.54) is 52.4 Å². The van der Waals surface area contributed by atoms with Crippen LogP contribution < -0.4 is 0 Å².